The molecule has 1 atom stereocenters. The molecule has 0 fully saturated rings. The molecule has 0 aliphatic rings. The Morgan fingerprint density at radius 2 is 1.90 bits per heavy atom. The van der Waals surface area contributed by atoms with Gasteiger partial charge < -0.3 is 0 Å². The Hall–Kier alpha value is -0.400. The van der Waals surface area contributed by atoms with Crippen molar-refractivity contribution < 1.29 is 9.18 Å². The van der Waals surface area contributed by atoms with Crippen LogP contribution < -0.4 is 0 Å². The Morgan fingerprint density at radius 1 is 1.50 bits per heavy atom. The van der Waals surface area contributed by atoms with E-state index >= 15 is 0 Å². The second kappa shape index (κ2) is 3.13. The minimum absolute atomic E-state index is 0.0922. The summed E-state index contributed by atoms with van der Waals surface area (Å²) in [4.78, 5) is 10.4. The van der Waals surface area contributed by atoms with E-state index in [1.54, 1.807) is 0 Å². The van der Waals surface area contributed by atoms with Crippen molar-refractivity contribution in [1.29, 1.82) is 0 Å². The van der Waals surface area contributed by atoms with Crippen molar-refractivity contribution in [2.24, 2.45) is 5.41 Å². The van der Waals surface area contributed by atoms with Gasteiger partial charge in [-0.15, -0.1) is 0 Å². The van der Waals surface area contributed by atoms with Crippen molar-refractivity contribution in [3.8, 4) is 0 Å². The Morgan fingerprint density at radius 3 is 2.00 bits per heavy atom. The van der Waals surface area contributed by atoms with Crippen LogP contribution in [0.3, 0.4) is 0 Å². The summed E-state index contributed by atoms with van der Waals surface area (Å²) >= 11 is 0. The van der Waals surface area contributed by atoms with Gasteiger partial charge in [-0.1, -0.05) is 20.8 Å². The third-order valence-corrected chi connectivity index (χ3v) is 1.23. The van der Waals surface area contributed by atoms with Crippen LogP contribution in [0, 0.1) is 5.41 Å². The lowest BCUT2D eigenvalue weighted by atomic mass is 9.89. The number of Topliss-reactive ketones (excluding diaryl/α,β-unsaturated/α-hetero) is 1. The van der Waals surface area contributed by atoms with E-state index < -0.39 is 6.17 Å². The standard InChI is InChI=1S/C8H15FO/c1-6(10)7(9)5-8(2,3)4/h7H,5H2,1-4H3. The fourth-order valence-corrected chi connectivity index (χ4v) is 0.681. The number of hydrogen-bond acceptors (Lipinski definition) is 1. The molecule has 0 aromatic rings. The lowest BCUT2D eigenvalue weighted by molar-refractivity contribution is -0.122. The minimum atomic E-state index is -1.28. The summed E-state index contributed by atoms with van der Waals surface area (Å²) in [6.07, 6.45) is -0.956. The Balaban J connectivity index is 3.80. The molecular formula is C8H15FO. The van der Waals surface area contributed by atoms with Gasteiger partial charge in [0.2, 0.25) is 0 Å². The number of ketones is 1. The van der Waals surface area contributed by atoms with Crippen molar-refractivity contribution in [2.75, 3.05) is 0 Å². The van der Waals surface area contributed by atoms with E-state index in [4.69, 9.17) is 0 Å². The summed E-state index contributed by atoms with van der Waals surface area (Å²) in [5, 5.41) is 0. The molecule has 0 spiro atoms. The maximum atomic E-state index is 12.7. The molecule has 2 heteroatoms. The molecular weight excluding hydrogens is 131 g/mol. The lowest BCUT2D eigenvalue weighted by Gasteiger charge is -2.18. The summed E-state index contributed by atoms with van der Waals surface area (Å²) in [6.45, 7) is 7.05. The molecule has 0 rings (SSSR count). The molecule has 10 heavy (non-hydrogen) atoms. The second-order valence-electron chi connectivity index (χ2n) is 3.84. The van der Waals surface area contributed by atoms with Crippen molar-refractivity contribution in [2.45, 2.75) is 40.3 Å². The van der Waals surface area contributed by atoms with Crippen LogP contribution in [-0.4, -0.2) is 12.0 Å². The van der Waals surface area contributed by atoms with E-state index in [1.807, 2.05) is 20.8 Å². The molecule has 1 unspecified atom stereocenters. The lowest BCUT2D eigenvalue weighted by Crippen LogP contribution is -2.19. The third-order valence-electron chi connectivity index (χ3n) is 1.23. The van der Waals surface area contributed by atoms with E-state index in [-0.39, 0.29) is 11.2 Å². The first-order valence-corrected chi connectivity index (χ1v) is 3.47. The molecule has 0 bridgehead atoms. The van der Waals surface area contributed by atoms with Crippen LogP contribution in [0.15, 0.2) is 0 Å². The van der Waals surface area contributed by atoms with Gasteiger partial charge in [0.15, 0.2) is 12.0 Å². The average Bonchev–Trinajstić information content (AvgIpc) is 1.60. The minimum Gasteiger partial charge on any atom is -0.297 e. The quantitative estimate of drug-likeness (QED) is 0.584. The molecule has 0 saturated carbocycles. The molecule has 1 nitrogen and oxygen atoms in total. The fourth-order valence-electron chi connectivity index (χ4n) is 0.681. The molecule has 0 heterocycles. The zero-order chi connectivity index (χ0) is 8.36. The van der Waals surface area contributed by atoms with Crippen LogP contribution in [0.2, 0.25) is 0 Å². The number of alkyl halides is 1. The van der Waals surface area contributed by atoms with Gasteiger partial charge in [0, 0.05) is 0 Å². The predicted octanol–water partition coefficient (Wildman–Crippen LogP) is 2.35. The maximum Gasteiger partial charge on any atom is 0.163 e. The first-order valence-electron chi connectivity index (χ1n) is 3.47. The van der Waals surface area contributed by atoms with E-state index in [1.165, 1.54) is 6.92 Å². The largest absolute Gasteiger partial charge is 0.297 e. The highest BCUT2D eigenvalue weighted by atomic mass is 19.1. The molecule has 0 radical (unpaired) electrons. The summed E-state index contributed by atoms with van der Waals surface area (Å²) in [5.41, 5.74) is -0.0922. The molecule has 0 aromatic carbocycles. The summed E-state index contributed by atoms with van der Waals surface area (Å²) in [6, 6.07) is 0. The Bertz CT molecular complexity index is 124. The Labute approximate surface area is 61.6 Å². The zero-order valence-electron chi connectivity index (χ0n) is 7.07. The maximum absolute atomic E-state index is 12.7. The van der Waals surface area contributed by atoms with Gasteiger partial charge in [-0.05, 0) is 18.8 Å². The fraction of sp³-hybridized carbons (Fsp3) is 0.875. The first-order chi connectivity index (χ1) is 4.33. The summed E-state index contributed by atoms with van der Waals surface area (Å²) < 4.78 is 12.7. The van der Waals surface area contributed by atoms with Crippen molar-refractivity contribution in [3.63, 3.8) is 0 Å². The molecule has 0 aliphatic heterocycles. The van der Waals surface area contributed by atoms with E-state index in [2.05, 4.69) is 0 Å². The summed E-state index contributed by atoms with van der Waals surface area (Å²) in [7, 11) is 0. The van der Waals surface area contributed by atoms with Crippen LogP contribution in [-0.2, 0) is 4.79 Å². The van der Waals surface area contributed by atoms with Gasteiger partial charge in [-0.25, -0.2) is 4.39 Å². The SMILES string of the molecule is CC(=O)C(F)CC(C)(C)C. The molecule has 60 valence electrons. The number of carbonyl (C=O) groups is 1. The van der Waals surface area contributed by atoms with Crippen molar-refractivity contribution >= 4 is 5.78 Å². The highest BCUT2D eigenvalue weighted by Crippen LogP contribution is 2.22. The zero-order valence-corrected chi connectivity index (χ0v) is 7.07. The number of halogens is 1. The topological polar surface area (TPSA) is 17.1 Å². The van der Waals surface area contributed by atoms with Gasteiger partial charge in [0.05, 0.1) is 0 Å². The predicted molar refractivity (Wildman–Crippen MR) is 39.6 cm³/mol. The van der Waals surface area contributed by atoms with E-state index in [0.717, 1.165) is 0 Å². The van der Waals surface area contributed by atoms with Gasteiger partial charge in [0.25, 0.3) is 0 Å². The van der Waals surface area contributed by atoms with Crippen molar-refractivity contribution in [1.82, 2.24) is 0 Å². The monoisotopic (exact) mass is 146 g/mol. The van der Waals surface area contributed by atoms with Crippen LogP contribution >= 0.6 is 0 Å². The van der Waals surface area contributed by atoms with Gasteiger partial charge >= 0.3 is 0 Å². The van der Waals surface area contributed by atoms with Crippen molar-refractivity contribution in [3.05, 3.63) is 0 Å². The van der Waals surface area contributed by atoms with Crippen LogP contribution in [0.4, 0.5) is 4.39 Å². The molecule has 0 aliphatic carbocycles. The van der Waals surface area contributed by atoms with Crippen LogP contribution in [0.5, 0.6) is 0 Å². The average molecular weight is 146 g/mol. The van der Waals surface area contributed by atoms with E-state index in [0.29, 0.717) is 6.42 Å². The van der Waals surface area contributed by atoms with Gasteiger partial charge in [0.1, 0.15) is 0 Å². The third kappa shape index (κ3) is 4.48. The second-order valence-corrected chi connectivity index (χ2v) is 3.84. The van der Waals surface area contributed by atoms with Crippen LogP contribution in [0.25, 0.3) is 0 Å². The summed E-state index contributed by atoms with van der Waals surface area (Å²) in [5.74, 6) is -0.366. The van der Waals surface area contributed by atoms with E-state index in [9.17, 15) is 9.18 Å². The normalized spacial score (nSPS) is 14.9. The smallest absolute Gasteiger partial charge is 0.163 e. The van der Waals surface area contributed by atoms with Gasteiger partial charge in [-0.2, -0.15) is 0 Å². The van der Waals surface area contributed by atoms with Gasteiger partial charge in [-0.3, -0.25) is 4.79 Å². The Kier molecular flexibility index (Phi) is 3.00. The highest BCUT2D eigenvalue weighted by Gasteiger charge is 2.20. The number of hydrogen-bond donors (Lipinski definition) is 0. The molecule has 0 amide bonds. The molecule has 0 N–H and O–H groups in total. The first kappa shape index (κ1) is 9.60. The number of carbonyl (C=O) groups excluding carboxylic acids is 1. The van der Waals surface area contributed by atoms with Crippen LogP contribution in [0.1, 0.15) is 34.1 Å². The molecule has 0 saturated heterocycles. The highest BCUT2D eigenvalue weighted by molar-refractivity contribution is 5.80. The number of rotatable bonds is 2. The molecule has 0 aromatic heterocycles.